The number of carbonyl (C=O) groups excluding carboxylic acids is 1. The summed E-state index contributed by atoms with van der Waals surface area (Å²) >= 11 is 0. The highest BCUT2D eigenvalue weighted by Gasteiger charge is 2.20. The summed E-state index contributed by atoms with van der Waals surface area (Å²) in [6, 6.07) is 9.33. The zero-order valence-electron chi connectivity index (χ0n) is 12.8. The second kappa shape index (κ2) is 6.67. The smallest absolute Gasteiger partial charge is 0.253 e. The molecule has 1 aromatic carbocycles. The summed E-state index contributed by atoms with van der Waals surface area (Å²) in [7, 11) is -3.48. The number of sulfone groups is 1. The van der Waals surface area contributed by atoms with Crippen LogP contribution in [0.4, 0.5) is 0 Å². The van der Waals surface area contributed by atoms with Gasteiger partial charge in [-0.2, -0.15) is 5.26 Å². The van der Waals surface area contributed by atoms with Crippen molar-refractivity contribution in [3.05, 3.63) is 53.3 Å². The van der Waals surface area contributed by atoms with Crippen LogP contribution in [-0.4, -0.2) is 31.1 Å². The fourth-order valence-electron chi connectivity index (χ4n) is 2.11. The zero-order chi connectivity index (χ0) is 17.0. The molecule has 2 N–H and O–H groups in total. The Hall–Kier alpha value is -2.59. The van der Waals surface area contributed by atoms with Crippen molar-refractivity contribution in [1.82, 2.24) is 10.3 Å². The van der Waals surface area contributed by atoms with Crippen molar-refractivity contribution in [2.75, 3.05) is 5.75 Å². The van der Waals surface area contributed by atoms with Gasteiger partial charge in [0, 0.05) is 12.2 Å². The lowest BCUT2D eigenvalue weighted by molar-refractivity contribution is 0.0944. The summed E-state index contributed by atoms with van der Waals surface area (Å²) in [5, 5.41) is 11.3. The Kier molecular flexibility index (Phi) is 4.86. The number of nitrogens with one attached hydrogen (secondary N) is 2. The van der Waals surface area contributed by atoms with Crippen molar-refractivity contribution in [3.8, 4) is 6.07 Å². The molecule has 0 saturated heterocycles. The van der Waals surface area contributed by atoms with Gasteiger partial charge in [0.2, 0.25) is 0 Å². The second-order valence-electron chi connectivity index (χ2n) is 5.38. The number of nitrogens with zero attached hydrogens (tertiary/aromatic N) is 1. The maximum Gasteiger partial charge on any atom is 0.253 e. The Morgan fingerprint density at radius 2 is 2.00 bits per heavy atom. The van der Waals surface area contributed by atoms with E-state index < -0.39 is 21.8 Å². The quantitative estimate of drug-likeness (QED) is 0.871. The van der Waals surface area contributed by atoms with E-state index in [-0.39, 0.29) is 16.3 Å². The van der Waals surface area contributed by atoms with E-state index in [2.05, 4.69) is 10.3 Å². The highest BCUT2D eigenvalue weighted by molar-refractivity contribution is 7.91. The minimum absolute atomic E-state index is 0.197. The first-order chi connectivity index (χ1) is 10.8. The first-order valence-electron chi connectivity index (χ1n) is 7.00. The molecule has 0 aliphatic carbocycles. The molecule has 0 bridgehead atoms. The molecular formula is C16H17N3O3S. The normalized spacial score (nSPS) is 12.4. The summed E-state index contributed by atoms with van der Waals surface area (Å²) in [6.45, 7) is 3.51. The molecule has 0 spiro atoms. The van der Waals surface area contributed by atoms with Gasteiger partial charge >= 0.3 is 0 Å². The third-order valence-corrected chi connectivity index (χ3v) is 5.22. The molecule has 0 unspecified atom stereocenters. The Balaban J connectivity index is 2.03. The maximum absolute atomic E-state index is 12.3. The number of amides is 1. The Morgan fingerprint density at radius 3 is 2.57 bits per heavy atom. The van der Waals surface area contributed by atoms with Gasteiger partial charge in [0.15, 0.2) is 9.84 Å². The number of hydrogen-bond donors (Lipinski definition) is 2. The number of hydrogen-bond acceptors (Lipinski definition) is 4. The number of aromatic amines is 1. The summed E-state index contributed by atoms with van der Waals surface area (Å²) < 4.78 is 24.6. The summed E-state index contributed by atoms with van der Waals surface area (Å²) in [6.07, 6.45) is 1.41. The molecule has 1 atom stereocenters. The van der Waals surface area contributed by atoms with Gasteiger partial charge < -0.3 is 10.3 Å². The molecule has 2 aromatic rings. The number of aryl methyl sites for hydroxylation is 1. The van der Waals surface area contributed by atoms with Crippen LogP contribution in [0.15, 0.2) is 41.4 Å². The van der Waals surface area contributed by atoms with Gasteiger partial charge in [-0.3, -0.25) is 4.79 Å². The van der Waals surface area contributed by atoms with Crippen molar-refractivity contribution in [1.29, 1.82) is 5.26 Å². The average Bonchev–Trinajstić information content (AvgIpc) is 2.96. The largest absolute Gasteiger partial charge is 0.352 e. The molecule has 23 heavy (non-hydrogen) atoms. The lowest BCUT2D eigenvalue weighted by atomic mass is 10.2. The van der Waals surface area contributed by atoms with Crippen molar-refractivity contribution in [2.45, 2.75) is 24.8 Å². The van der Waals surface area contributed by atoms with E-state index in [1.165, 1.54) is 12.3 Å². The number of nitriles is 1. The van der Waals surface area contributed by atoms with E-state index in [0.717, 1.165) is 5.56 Å². The molecule has 6 nitrogen and oxygen atoms in total. The van der Waals surface area contributed by atoms with E-state index in [1.54, 1.807) is 31.2 Å². The minimum atomic E-state index is -3.48. The van der Waals surface area contributed by atoms with Crippen LogP contribution < -0.4 is 5.32 Å². The molecule has 1 amide bonds. The number of H-pyrrole nitrogens is 1. The van der Waals surface area contributed by atoms with Gasteiger partial charge in [0.1, 0.15) is 11.8 Å². The summed E-state index contributed by atoms with van der Waals surface area (Å²) in [5.41, 5.74) is 1.54. The summed E-state index contributed by atoms with van der Waals surface area (Å²) in [4.78, 5) is 14.9. The van der Waals surface area contributed by atoms with E-state index >= 15 is 0 Å². The average molecular weight is 331 g/mol. The van der Waals surface area contributed by atoms with Crippen LogP contribution in [0.3, 0.4) is 0 Å². The second-order valence-corrected chi connectivity index (χ2v) is 7.42. The first-order valence-corrected chi connectivity index (χ1v) is 8.66. The summed E-state index contributed by atoms with van der Waals surface area (Å²) in [5.74, 6) is -0.619. The molecule has 0 radical (unpaired) electrons. The number of carbonyl (C=O) groups is 1. The van der Waals surface area contributed by atoms with Crippen molar-refractivity contribution in [2.24, 2.45) is 0 Å². The standard InChI is InChI=1S/C16H17N3O3S/c1-11-3-5-15(6-4-11)23(21,22)10-12(2)19-16(20)13-7-14(8-17)18-9-13/h3-7,9,12,18H,10H2,1-2H3,(H,19,20)/t12-/m0/s1. The maximum atomic E-state index is 12.3. The minimum Gasteiger partial charge on any atom is -0.352 e. The monoisotopic (exact) mass is 331 g/mol. The number of benzene rings is 1. The van der Waals surface area contributed by atoms with Crippen LogP contribution in [-0.2, 0) is 9.84 Å². The van der Waals surface area contributed by atoms with Crippen LogP contribution in [0.5, 0.6) is 0 Å². The van der Waals surface area contributed by atoms with Crippen molar-refractivity contribution >= 4 is 15.7 Å². The third kappa shape index (κ3) is 4.20. The van der Waals surface area contributed by atoms with E-state index in [0.29, 0.717) is 5.56 Å². The molecule has 120 valence electrons. The molecular weight excluding hydrogens is 314 g/mol. The van der Waals surface area contributed by atoms with Gasteiger partial charge in [-0.25, -0.2) is 8.42 Å². The molecule has 2 rings (SSSR count). The van der Waals surface area contributed by atoms with Gasteiger partial charge in [0.05, 0.1) is 16.2 Å². The lowest BCUT2D eigenvalue weighted by Crippen LogP contribution is -2.37. The predicted molar refractivity (Wildman–Crippen MR) is 85.7 cm³/mol. The van der Waals surface area contributed by atoms with E-state index in [1.807, 2.05) is 13.0 Å². The highest BCUT2D eigenvalue weighted by atomic mass is 32.2. The molecule has 0 fully saturated rings. The molecule has 0 saturated carbocycles. The fourth-order valence-corrected chi connectivity index (χ4v) is 3.59. The lowest BCUT2D eigenvalue weighted by Gasteiger charge is -2.14. The van der Waals surface area contributed by atoms with Crippen LogP contribution in [0.1, 0.15) is 28.5 Å². The fraction of sp³-hybridized carbons (Fsp3) is 0.250. The van der Waals surface area contributed by atoms with Gasteiger partial charge in [0.25, 0.3) is 5.91 Å². The van der Waals surface area contributed by atoms with Crippen LogP contribution in [0.2, 0.25) is 0 Å². The molecule has 7 heteroatoms. The Bertz CT molecular complexity index is 845. The van der Waals surface area contributed by atoms with E-state index in [4.69, 9.17) is 5.26 Å². The topological polar surface area (TPSA) is 103 Å². The van der Waals surface area contributed by atoms with E-state index in [9.17, 15) is 13.2 Å². The van der Waals surface area contributed by atoms with Crippen molar-refractivity contribution < 1.29 is 13.2 Å². The molecule has 1 aromatic heterocycles. The molecule has 0 aliphatic heterocycles. The van der Waals surface area contributed by atoms with Gasteiger partial charge in [-0.15, -0.1) is 0 Å². The van der Waals surface area contributed by atoms with Crippen molar-refractivity contribution in [3.63, 3.8) is 0 Å². The van der Waals surface area contributed by atoms with Crippen LogP contribution in [0.25, 0.3) is 0 Å². The van der Waals surface area contributed by atoms with Crippen LogP contribution >= 0.6 is 0 Å². The Labute approximate surface area is 135 Å². The number of rotatable bonds is 5. The van der Waals surface area contributed by atoms with Crippen LogP contribution in [0, 0.1) is 18.3 Å². The third-order valence-electron chi connectivity index (χ3n) is 3.29. The SMILES string of the molecule is Cc1ccc(S(=O)(=O)C[C@H](C)NC(=O)c2c[nH]c(C#N)c2)cc1. The molecule has 0 aliphatic rings. The first kappa shape index (κ1) is 16.8. The van der Waals surface area contributed by atoms with Gasteiger partial charge in [-0.05, 0) is 32.0 Å². The number of aromatic nitrogens is 1. The predicted octanol–water partition coefficient (Wildman–Crippen LogP) is 1.79. The highest BCUT2D eigenvalue weighted by Crippen LogP contribution is 2.13. The zero-order valence-corrected chi connectivity index (χ0v) is 13.6. The van der Waals surface area contributed by atoms with Gasteiger partial charge in [-0.1, -0.05) is 17.7 Å². The Morgan fingerprint density at radius 1 is 1.35 bits per heavy atom. The molecule has 1 heterocycles.